The van der Waals surface area contributed by atoms with Crippen LogP contribution in [0.1, 0.15) is 19.4 Å². The van der Waals surface area contributed by atoms with Crippen LogP contribution in [-0.2, 0) is 26.2 Å². The largest absolute Gasteiger partial charge is 0.355 e. The van der Waals surface area contributed by atoms with Crippen LogP contribution in [0.4, 0.5) is 10.1 Å². The van der Waals surface area contributed by atoms with E-state index in [0.717, 1.165) is 22.7 Å². The summed E-state index contributed by atoms with van der Waals surface area (Å²) in [6, 6.07) is 9.27. The summed E-state index contributed by atoms with van der Waals surface area (Å²) < 4.78 is 39.2. The predicted octanol–water partition coefficient (Wildman–Crippen LogP) is 3.45. The lowest BCUT2D eigenvalue weighted by atomic mass is 10.1. The molecular weight excluding hydrogens is 480 g/mol. The Morgan fingerprint density at radius 3 is 2.34 bits per heavy atom. The third-order valence-electron chi connectivity index (χ3n) is 4.69. The highest BCUT2D eigenvalue weighted by atomic mass is 35.5. The highest BCUT2D eigenvalue weighted by Gasteiger charge is 2.30. The van der Waals surface area contributed by atoms with Gasteiger partial charge in [-0.15, -0.1) is 0 Å². The first-order chi connectivity index (χ1) is 15.0. The van der Waals surface area contributed by atoms with Crippen molar-refractivity contribution in [3.8, 4) is 0 Å². The number of nitrogens with zero attached hydrogens (tertiary/aromatic N) is 2. The van der Waals surface area contributed by atoms with E-state index in [4.69, 9.17) is 23.2 Å². The minimum atomic E-state index is -3.94. The third kappa shape index (κ3) is 6.57. The van der Waals surface area contributed by atoms with E-state index >= 15 is 0 Å². The number of sulfonamides is 1. The normalized spacial score (nSPS) is 12.2. The molecule has 0 unspecified atom stereocenters. The molecule has 7 nitrogen and oxygen atoms in total. The minimum absolute atomic E-state index is 0.0153. The lowest BCUT2D eigenvalue weighted by Gasteiger charge is -2.31. The van der Waals surface area contributed by atoms with Gasteiger partial charge in [0, 0.05) is 18.1 Å². The quantitative estimate of drug-likeness (QED) is 0.567. The molecule has 0 radical (unpaired) electrons. The Labute approximate surface area is 197 Å². The number of carbonyl (C=O) groups excluding carboxylic acids is 2. The van der Waals surface area contributed by atoms with Gasteiger partial charge in [-0.1, -0.05) is 41.4 Å². The van der Waals surface area contributed by atoms with Gasteiger partial charge in [0.1, 0.15) is 18.4 Å². The van der Waals surface area contributed by atoms with Gasteiger partial charge in [0.25, 0.3) is 0 Å². The molecule has 0 aliphatic heterocycles. The smallest absolute Gasteiger partial charge is 0.244 e. The zero-order valence-corrected chi connectivity index (χ0v) is 20.1. The summed E-state index contributed by atoms with van der Waals surface area (Å²) in [6.45, 7) is 3.02. The van der Waals surface area contributed by atoms with Gasteiger partial charge in [0.15, 0.2) is 0 Å². The van der Waals surface area contributed by atoms with E-state index in [1.807, 2.05) is 0 Å². The Balaban J connectivity index is 2.42. The van der Waals surface area contributed by atoms with Crippen LogP contribution in [0.5, 0.6) is 0 Å². The first-order valence-corrected chi connectivity index (χ1v) is 12.3. The maximum absolute atomic E-state index is 13.6. The Kier molecular flexibility index (Phi) is 8.89. The molecule has 174 valence electrons. The van der Waals surface area contributed by atoms with Crippen molar-refractivity contribution in [3.05, 3.63) is 63.9 Å². The number of halogens is 3. The maximum Gasteiger partial charge on any atom is 0.244 e. The van der Waals surface area contributed by atoms with Gasteiger partial charge in [-0.2, -0.15) is 0 Å². The molecular formula is C21H24Cl2FN3O4S. The molecule has 2 aromatic rings. The minimum Gasteiger partial charge on any atom is -0.355 e. The van der Waals surface area contributed by atoms with Gasteiger partial charge in [0.2, 0.25) is 21.8 Å². The number of nitrogens with one attached hydrogen (secondary N) is 1. The number of likely N-dealkylation sites (N-methyl/N-ethyl adjacent to an activating group) is 1. The maximum atomic E-state index is 13.6. The number of anilines is 1. The number of rotatable bonds is 9. The Morgan fingerprint density at radius 1 is 1.12 bits per heavy atom. The molecule has 0 saturated heterocycles. The molecule has 0 aliphatic rings. The van der Waals surface area contributed by atoms with Crippen LogP contribution in [0, 0.1) is 5.82 Å². The Morgan fingerprint density at radius 2 is 1.78 bits per heavy atom. The number of hydrogen-bond donors (Lipinski definition) is 1. The van der Waals surface area contributed by atoms with E-state index in [2.05, 4.69) is 5.32 Å². The molecule has 2 amide bonds. The molecule has 0 spiro atoms. The molecule has 0 saturated carbocycles. The Hall–Kier alpha value is -2.36. The van der Waals surface area contributed by atoms with Crippen LogP contribution in [0.2, 0.25) is 10.0 Å². The molecule has 11 heteroatoms. The van der Waals surface area contributed by atoms with Crippen molar-refractivity contribution in [1.29, 1.82) is 0 Å². The summed E-state index contributed by atoms with van der Waals surface area (Å²) in [5.41, 5.74) is 0.616. The van der Waals surface area contributed by atoms with Crippen LogP contribution in [0.3, 0.4) is 0 Å². The van der Waals surface area contributed by atoms with Crippen LogP contribution in [-0.4, -0.2) is 50.5 Å². The predicted molar refractivity (Wildman–Crippen MR) is 124 cm³/mol. The average Bonchev–Trinajstić information content (AvgIpc) is 2.72. The molecule has 0 aromatic heterocycles. The summed E-state index contributed by atoms with van der Waals surface area (Å²) in [6.07, 6.45) is 0.920. The van der Waals surface area contributed by atoms with E-state index in [1.54, 1.807) is 38.1 Å². The summed E-state index contributed by atoms with van der Waals surface area (Å²) in [5, 5.41) is 2.77. The van der Waals surface area contributed by atoms with Crippen molar-refractivity contribution in [1.82, 2.24) is 10.2 Å². The third-order valence-corrected chi connectivity index (χ3v) is 6.49. The van der Waals surface area contributed by atoms with Crippen molar-refractivity contribution in [3.63, 3.8) is 0 Å². The second-order valence-corrected chi connectivity index (χ2v) is 9.77. The van der Waals surface area contributed by atoms with Crippen molar-refractivity contribution in [2.24, 2.45) is 0 Å². The van der Waals surface area contributed by atoms with Gasteiger partial charge < -0.3 is 10.2 Å². The number of benzene rings is 2. The summed E-state index contributed by atoms with van der Waals surface area (Å²) in [7, 11) is -3.94. The highest BCUT2D eigenvalue weighted by molar-refractivity contribution is 7.92. The second kappa shape index (κ2) is 11.0. The zero-order chi connectivity index (χ0) is 24.1. The highest BCUT2D eigenvalue weighted by Crippen LogP contribution is 2.25. The van der Waals surface area contributed by atoms with Crippen LogP contribution < -0.4 is 9.62 Å². The lowest BCUT2D eigenvalue weighted by Crippen LogP contribution is -2.51. The fourth-order valence-corrected chi connectivity index (χ4v) is 4.18. The van der Waals surface area contributed by atoms with E-state index < -0.39 is 40.2 Å². The van der Waals surface area contributed by atoms with E-state index in [-0.39, 0.29) is 17.3 Å². The van der Waals surface area contributed by atoms with Crippen molar-refractivity contribution < 1.29 is 22.4 Å². The summed E-state index contributed by atoms with van der Waals surface area (Å²) in [4.78, 5) is 27.0. The molecule has 2 aromatic carbocycles. The summed E-state index contributed by atoms with van der Waals surface area (Å²) in [5.74, 6) is -1.77. The van der Waals surface area contributed by atoms with Gasteiger partial charge in [0.05, 0.1) is 17.0 Å². The number of carbonyl (C=O) groups is 2. The second-order valence-electron chi connectivity index (χ2n) is 7.05. The van der Waals surface area contributed by atoms with E-state index in [0.29, 0.717) is 17.1 Å². The molecule has 2 rings (SSSR count). The molecule has 1 atom stereocenters. The van der Waals surface area contributed by atoms with Gasteiger partial charge in [-0.3, -0.25) is 13.9 Å². The average molecular weight is 504 g/mol. The number of hydrogen-bond acceptors (Lipinski definition) is 4. The van der Waals surface area contributed by atoms with Gasteiger partial charge in [-0.05, 0) is 43.7 Å². The molecule has 32 heavy (non-hydrogen) atoms. The first-order valence-electron chi connectivity index (χ1n) is 9.69. The van der Waals surface area contributed by atoms with Crippen LogP contribution in [0.25, 0.3) is 0 Å². The Bertz CT molecular complexity index is 1100. The topological polar surface area (TPSA) is 86.8 Å². The number of amides is 2. The van der Waals surface area contributed by atoms with Crippen LogP contribution in [0.15, 0.2) is 42.5 Å². The molecule has 0 aliphatic carbocycles. The van der Waals surface area contributed by atoms with Crippen LogP contribution >= 0.6 is 23.2 Å². The van der Waals surface area contributed by atoms with Gasteiger partial charge in [-0.25, -0.2) is 12.8 Å². The fourth-order valence-electron chi connectivity index (χ4n) is 2.97. The first kappa shape index (κ1) is 25.9. The van der Waals surface area contributed by atoms with Crippen molar-refractivity contribution in [2.75, 3.05) is 23.7 Å². The molecule has 1 N–H and O–H groups in total. The monoisotopic (exact) mass is 503 g/mol. The standard InChI is InChI=1S/C21H24Cl2FN3O4S/c1-4-25-21(29)14(2)26(12-15-7-5-6-8-17(15)22)20(28)13-27(32(3,30)31)16-9-10-19(24)18(23)11-16/h5-11,14H,4,12-13H2,1-3H3,(H,25,29)/t14-/m1/s1. The molecule has 0 heterocycles. The summed E-state index contributed by atoms with van der Waals surface area (Å²) >= 11 is 12.0. The SMILES string of the molecule is CCNC(=O)[C@@H](C)N(Cc1ccccc1Cl)C(=O)CN(c1ccc(F)c(Cl)c1)S(C)(=O)=O. The molecule has 0 bridgehead atoms. The van der Waals surface area contributed by atoms with E-state index in [9.17, 15) is 22.4 Å². The van der Waals surface area contributed by atoms with Gasteiger partial charge >= 0.3 is 0 Å². The lowest BCUT2D eigenvalue weighted by molar-refractivity contribution is -0.139. The zero-order valence-electron chi connectivity index (χ0n) is 17.8. The van der Waals surface area contributed by atoms with Crippen molar-refractivity contribution >= 4 is 50.7 Å². The van der Waals surface area contributed by atoms with E-state index in [1.165, 1.54) is 11.0 Å². The molecule has 0 fully saturated rings. The van der Waals surface area contributed by atoms with Crippen molar-refractivity contribution in [2.45, 2.75) is 26.4 Å². The fraction of sp³-hybridized carbons (Fsp3) is 0.333.